The molecule has 3 aliphatic rings. The molecule has 0 bridgehead atoms. The maximum Gasteiger partial charge on any atom is 0.433 e. The van der Waals surface area contributed by atoms with Crippen molar-refractivity contribution in [3.8, 4) is 0 Å². The van der Waals surface area contributed by atoms with Gasteiger partial charge in [0.05, 0.1) is 24.5 Å². The van der Waals surface area contributed by atoms with Crippen LogP contribution >= 0.6 is 0 Å². The number of rotatable bonds is 1. The van der Waals surface area contributed by atoms with Crippen molar-refractivity contribution in [2.24, 2.45) is 5.73 Å². The molecule has 4 N–H and O–H groups in total. The number of halogens is 6. The fraction of sp³-hybridized carbons (Fsp3) is 0.800. The average Bonchev–Trinajstić information content (AvgIpc) is 3.12. The second-order valence-corrected chi connectivity index (χ2v) is 6.23. The summed E-state index contributed by atoms with van der Waals surface area (Å²) < 4.78 is 85.5. The number of hydrogen-bond acceptors (Lipinski definition) is 5. The Labute approximate surface area is 145 Å². The van der Waals surface area contributed by atoms with Crippen LogP contribution in [0, 0.1) is 5.41 Å². The molecule has 11 heteroatoms. The number of alkyl halides is 6. The Balaban J connectivity index is 0.000000254. The van der Waals surface area contributed by atoms with Gasteiger partial charge in [0, 0.05) is 0 Å². The number of aliphatic hydroxyl groups excluding tert-OH is 1. The van der Waals surface area contributed by atoms with Gasteiger partial charge >= 0.3 is 6.18 Å². The molecule has 0 aromatic rings. The second-order valence-electron chi connectivity index (χ2n) is 6.23. The molecule has 4 atom stereocenters. The molecule has 0 aromatic carbocycles. The highest BCUT2D eigenvalue weighted by Gasteiger charge is 2.62. The maximum atomic E-state index is 13.8. The molecule has 2 aliphatic carbocycles. The lowest BCUT2D eigenvalue weighted by Crippen LogP contribution is -2.46. The van der Waals surface area contributed by atoms with Gasteiger partial charge in [0.2, 0.25) is 5.79 Å². The zero-order valence-corrected chi connectivity index (χ0v) is 13.7. The summed E-state index contributed by atoms with van der Waals surface area (Å²) in [5, 5.41) is 16.4. The predicted octanol–water partition coefficient (Wildman–Crippen LogP) is 2.47. The van der Waals surface area contributed by atoms with Gasteiger partial charge in [-0.05, 0) is 12.8 Å². The highest BCUT2D eigenvalue weighted by molar-refractivity contribution is 6.04. The Kier molecular flexibility index (Phi) is 6.24. The molecule has 1 saturated carbocycles. The van der Waals surface area contributed by atoms with Crippen molar-refractivity contribution in [1.82, 2.24) is 0 Å². The normalized spacial score (nSPS) is 34.0. The third-order valence-electron chi connectivity index (χ3n) is 4.45. The minimum atomic E-state index is -5.04. The molecule has 1 spiro atoms. The minimum Gasteiger partial charge on any atom is -0.399 e. The van der Waals surface area contributed by atoms with Gasteiger partial charge < -0.3 is 20.3 Å². The second kappa shape index (κ2) is 7.73. The van der Waals surface area contributed by atoms with E-state index in [4.69, 9.17) is 20.6 Å². The van der Waals surface area contributed by atoms with Crippen molar-refractivity contribution in [1.29, 1.82) is 5.41 Å². The Hall–Kier alpha value is -1.33. The molecular formula is C15H20F6N2O3. The SMILES string of the molecule is FC1CCCCC1F.N=C(C1=C(N)C(O)C(F)C12OCCO2)C(F)(F)F. The van der Waals surface area contributed by atoms with E-state index in [1.165, 1.54) is 0 Å². The Morgan fingerprint density at radius 3 is 1.92 bits per heavy atom. The van der Waals surface area contributed by atoms with E-state index >= 15 is 0 Å². The topological polar surface area (TPSA) is 88.6 Å². The van der Waals surface area contributed by atoms with Crippen LogP contribution in [-0.2, 0) is 9.47 Å². The molecule has 0 radical (unpaired) electrons. The van der Waals surface area contributed by atoms with Gasteiger partial charge in [0.1, 0.15) is 24.2 Å². The lowest BCUT2D eigenvalue weighted by Gasteiger charge is -2.28. The smallest absolute Gasteiger partial charge is 0.399 e. The molecule has 1 heterocycles. The van der Waals surface area contributed by atoms with Crippen molar-refractivity contribution < 1.29 is 40.9 Å². The van der Waals surface area contributed by atoms with Crippen molar-refractivity contribution in [3.05, 3.63) is 11.3 Å². The zero-order valence-electron chi connectivity index (χ0n) is 13.7. The van der Waals surface area contributed by atoms with Gasteiger partial charge in [-0.2, -0.15) is 13.2 Å². The van der Waals surface area contributed by atoms with E-state index in [0.29, 0.717) is 12.8 Å². The highest BCUT2D eigenvalue weighted by Crippen LogP contribution is 2.45. The van der Waals surface area contributed by atoms with Crippen LogP contribution in [0.15, 0.2) is 11.3 Å². The molecule has 26 heavy (non-hydrogen) atoms. The Morgan fingerprint density at radius 1 is 1.08 bits per heavy atom. The third-order valence-corrected chi connectivity index (χ3v) is 4.45. The lowest BCUT2D eigenvalue weighted by atomic mass is 9.97. The summed E-state index contributed by atoms with van der Waals surface area (Å²) >= 11 is 0. The lowest BCUT2D eigenvalue weighted by molar-refractivity contribution is -0.176. The molecular weight excluding hydrogens is 370 g/mol. The number of hydrogen-bond donors (Lipinski definition) is 3. The van der Waals surface area contributed by atoms with Gasteiger partial charge in [-0.15, -0.1) is 0 Å². The van der Waals surface area contributed by atoms with E-state index in [2.05, 4.69) is 0 Å². The molecule has 3 rings (SSSR count). The molecule has 0 amide bonds. The van der Waals surface area contributed by atoms with Gasteiger partial charge in [-0.3, -0.25) is 5.41 Å². The van der Waals surface area contributed by atoms with Crippen molar-refractivity contribution in [2.75, 3.05) is 13.2 Å². The largest absolute Gasteiger partial charge is 0.433 e. The Morgan fingerprint density at radius 2 is 1.54 bits per heavy atom. The summed E-state index contributed by atoms with van der Waals surface area (Å²) in [5.41, 5.74) is 1.62. The quantitative estimate of drug-likeness (QED) is 0.474. The van der Waals surface area contributed by atoms with Crippen molar-refractivity contribution in [3.63, 3.8) is 0 Å². The van der Waals surface area contributed by atoms with Gasteiger partial charge in [-0.25, -0.2) is 13.2 Å². The summed E-state index contributed by atoms with van der Waals surface area (Å²) in [7, 11) is 0. The van der Waals surface area contributed by atoms with Gasteiger partial charge in [0.15, 0.2) is 6.17 Å². The molecule has 0 aromatic heterocycles. The summed E-state index contributed by atoms with van der Waals surface area (Å²) in [6.45, 7) is -0.288. The first kappa shape index (κ1) is 21.0. The highest BCUT2D eigenvalue weighted by atomic mass is 19.4. The van der Waals surface area contributed by atoms with E-state index in [1.54, 1.807) is 0 Å². The molecule has 5 nitrogen and oxygen atoms in total. The van der Waals surface area contributed by atoms with Crippen LogP contribution in [0.1, 0.15) is 25.7 Å². The fourth-order valence-corrected chi connectivity index (χ4v) is 3.08. The van der Waals surface area contributed by atoms with Crippen molar-refractivity contribution in [2.45, 2.75) is 62.3 Å². The van der Waals surface area contributed by atoms with Crippen molar-refractivity contribution >= 4 is 5.71 Å². The monoisotopic (exact) mass is 390 g/mol. The standard InChI is InChI=1S/C9H10F4N2O3.C6H10F2/c10-6-5(16)4(14)3(7(15)9(11,12)13)8(6)17-1-2-18-8;7-5-3-1-2-4-6(5)8/h5-6,15-16H,1-2,14H2;5-6H,1-4H2. The molecule has 4 unspecified atom stereocenters. The summed E-state index contributed by atoms with van der Waals surface area (Å²) in [6.07, 6.45) is -9.05. The molecule has 2 fully saturated rings. The number of ether oxygens (including phenoxy) is 2. The Bertz CT molecular complexity index is 552. The molecule has 150 valence electrons. The average molecular weight is 390 g/mol. The minimum absolute atomic E-state index is 0.144. The van der Waals surface area contributed by atoms with E-state index < -0.39 is 53.6 Å². The third kappa shape index (κ3) is 3.84. The van der Waals surface area contributed by atoms with Crippen LogP contribution in [0.25, 0.3) is 0 Å². The van der Waals surface area contributed by atoms with Crippen LogP contribution in [0.3, 0.4) is 0 Å². The molecule has 1 saturated heterocycles. The number of aliphatic hydroxyl groups is 1. The fourth-order valence-electron chi connectivity index (χ4n) is 3.08. The summed E-state index contributed by atoms with van der Waals surface area (Å²) in [6, 6.07) is 0. The van der Waals surface area contributed by atoms with E-state index in [-0.39, 0.29) is 13.2 Å². The first-order valence-corrected chi connectivity index (χ1v) is 8.06. The van der Waals surface area contributed by atoms with Gasteiger partial charge in [0.25, 0.3) is 0 Å². The predicted molar refractivity (Wildman–Crippen MR) is 78.8 cm³/mol. The molecule has 1 aliphatic heterocycles. The number of nitrogens with two attached hydrogens (primary N) is 1. The van der Waals surface area contributed by atoms with Crippen LogP contribution in [0.4, 0.5) is 26.3 Å². The van der Waals surface area contributed by atoms with Crippen LogP contribution in [0.5, 0.6) is 0 Å². The maximum absolute atomic E-state index is 13.8. The van der Waals surface area contributed by atoms with E-state index in [0.717, 1.165) is 12.8 Å². The number of nitrogens with one attached hydrogen (secondary N) is 1. The first-order valence-electron chi connectivity index (χ1n) is 8.06. The summed E-state index contributed by atoms with van der Waals surface area (Å²) in [4.78, 5) is 0. The van der Waals surface area contributed by atoms with Crippen LogP contribution in [-0.4, -0.2) is 60.6 Å². The van der Waals surface area contributed by atoms with Gasteiger partial charge in [-0.1, -0.05) is 12.8 Å². The van der Waals surface area contributed by atoms with E-state index in [9.17, 15) is 31.4 Å². The van der Waals surface area contributed by atoms with E-state index in [1.807, 2.05) is 0 Å². The summed E-state index contributed by atoms with van der Waals surface area (Å²) in [5.74, 6) is -2.42. The first-order chi connectivity index (χ1) is 12.0. The zero-order chi connectivity index (χ0) is 19.7. The van der Waals surface area contributed by atoms with Crippen LogP contribution in [0.2, 0.25) is 0 Å². The van der Waals surface area contributed by atoms with Crippen LogP contribution < -0.4 is 5.73 Å².